The first-order valence-electron chi connectivity index (χ1n) is 7.15. The van der Waals surface area contributed by atoms with Crippen LogP contribution in [0.4, 0.5) is 4.39 Å². The second-order valence-electron chi connectivity index (χ2n) is 4.90. The molecule has 1 aromatic carbocycles. The number of aromatic nitrogens is 2. The lowest BCUT2D eigenvalue weighted by Gasteiger charge is -2.13. The van der Waals surface area contributed by atoms with Gasteiger partial charge in [0.15, 0.2) is 0 Å². The first kappa shape index (κ1) is 16.1. The molecule has 1 heterocycles. The van der Waals surface area contributed by atoms with Crippen molar-refractivity contribution in [2.75, 3.05) is 6.54 Å². The van der Waals surface area contributed by atoms with E-state index in [0.717, 1.165) is 23.9 Å². The second-order valence-corrected chi connectivity index (χ2v) is 5.75. The van der Waals surface area contributed by atoms with E-state index in [0.29, 0.717) is 29.7 Å². The zero-order chi connectivity index (χ0) is 15.2. The maximum atomic E-state index is 13.3. The molecule has 0 amide bonds. The lowest BCUT2D eigenvalue weighted by molar-refractivity contribution is 0.354. The maximum Gasteiger partial charge on any atom is 0.228 e. The van der Waals surface area contributed by atoms with Crippen molar-refractivity contribution in [3.05, 3.63) is 34.4 Å². The number of hydrogen-bond donors (Lipinski definition) is 1. The average molecular weight is 356 g/mol. The van der Waals surface area contributed by atoms with E-state index < -0.39 is 0 Å². The van der Waals surface area contributed by atoms with E-state index >= 15 is 0 Å². The highest BCUT2D eigenvalue weighted by Crippen LogP contribution is 2.26. The molecular weight excluding hydrogens is 337 g/mol. The quantitative estimate of drug-likeness (QED) is 0.816. The van der Waals surface area contributed by atoms with Crippen LogP contribution >= 0.6 is 15.9 Å². The summed E-state index contributed by atoms with van der Waals surface area (Å²) in [5.41, 5.74) is 0.597. The molecule has 0 saturated carbocycles. The number of halogens is 2. The van der Waals surface area contributed by atoms with Gasteiger partial charge in [0.05, 0.1) is 0 Å². The molecule has 0 spiro atoms. The van der Waals surface area contributed by atoms with Crippen LogP contribution in [0.5, 0.6) is 0 Å². The van der Waals surface area contributed by atoms with Crippen molar-refractivity contribution in [3.8, 4) is 11.4 Å². The van der Waals surface area contributed by atoms with Crippen LogP contribution in [0.25, 0.3) is 11.4 Å². The molecule has 1 N–H and O–H groups in total. The number of rotatable bonds is 7. The van der Waals surface area contributed by atoms with E-state index in [2.05, 4.69) is 45.2 Å². The van der Waals surface area contributed by atoms with Crippen LogP contribution in [-0.2, 0) is 6.42 Å². The summed E-state index contributed by atoms with van der Waals surface area (Å²) < 4.78 is 19.4. The molecule has 4 nitrogen and oxygen atoms in total. The summed E-state index contributed by atoms with van der Waals surface area (Å²) in [5, 5.41) is 7.39. The summed E-state index contributed by atoms with van der Waals surface area (Å²) >= 11 is 3.37. The van der Waals surface area contributed by atoms with Crippen LogP contribution in [0.3, 0.4) is 0 Å². The van der Waals surface area contributed by atoms with E-state index in [1.54, 1.807) is 6.07 Å². The predicted octanol–water partition coefficient (Wildman–Crippen LogP) is 3.96. The minimum atomic E-state index is -0.324. The zero-order valence-electron chi connectivity index (χ0n) is 12.2. The minimum Gasteiger partial charge on any atom is -0.339 e. The van der Waals surface area contributed by atoms with Crippen LogP contribution in [0.1, 0.15) is 32.6 Å². The zero-order valence-corrected chi connectivity index (χ0v) is 13.8. The minimum absolute atomic E-state index is 0.314. The lowest BCUT2D eigenvalue weighted by atomic mass is 10.1. The first-order chi connectivity index (χ1) is 10.1. The molecule has 0 aliphatic heterocycles. The van der Waals surface area contributed by atoms with Crippen LogP contribution in [0.2, 0.25) is 0 Å². The third-order valence-electron chi connectivity index (χ3n) is 3.23. The summed E-state index contributed by atoms with van der Waals surface area (Å²) in [5.74, 6) is 0.647. The summed E-state index contributed by atoms with van der Waals surface area (Å²) in [6, 6.07) is 4.73. The summed E-state index contributed by atoms with van der Waals surface area (Å²) in [7, 11) is 0. The Morgan fingerprint density at radius 3 is 2.90 bits per heavy atom. The van der Waals surface area contributed by atoms with Gasteiger partial charge in [0.25, 0.3) is 0 Å². The third kappa shape index (κ3) is 4.35. The van der Waals surface area contributed by atoms with Crippen molar-refractivity contribution in [1.82, 2.24) is 15.5 Å². The topological polar surface area (TPSA) is 51.0 Å². The third-order valence-corrected chi connectivity index (χ3v) is 3.93. The van der Waals surface area contributed by atoms with Crippen molar-refractivity contribution in [1.29, 1.82) is 0 Å². The van der Waals surface area contributed by atoms with Crippen molar-refractivity contribution in [2.45, 2.75) is 39.2 Å². The van der Waals surface area contributed by atoms with E-state index in [1.807, 2.05) is 0 Å². The fraction of sp³-hybridized carbons (Fsp3) is 0.467. The fourth-order valence-corrected chi connectivity index (χ4v) is 2.46. The molecule has 2 rings (SSSR count). The van der Waals surface area contributed by atoms with E-state index in [4.69, 9.17) is 4.52 Å². The smallest absolute Gasteiger partial charge is 0.228 e. The first-order valence-corrected chi connectivity index (χ1v) is 7.94. The van der Waals surface area contributed by atoms with Crippen LogP contribution in [-0.4, -0.2) is 22.7 Å². The monoisotopic (exact) mass is 355 g/mol. The molecule has 1 atom stereocenters. The lowest BCUT2D eigenvalue weighted by Crippen LogP contribution is -2.31. The van der Waals surface area contributed by atoms with Crippen LogP contribution < -0.4 is 5.32 Å². The second kappa shape index (κ2) is 7.66. The molecule has 1 aromatic heterocycles. The van der Waals surface area contributed by atoms with Crippen molar-refractivity contribution in [2.24, 2.45) is 0 Å². The summed E-state index contributed by atoms with van der Waals surface area (Å²) in [6.07, 6.45) is 2.75. The molecule has 0 bridgehead atoms. The Morgan fingerprint density at radius 1 is 1.38 bits per heavy atom. The molecule has 114 valence electrons. The highest BCUT2D eigenvalue weighted by molar-refractivity contribution is 9.10. The maximum absolute atomic E-state index is 13.3. The van der Waals surface area contributed by atoms with Gasteiger partial charge in [-0.1, -0.05) is 34.9 Å². The average Bonchev–Trinajstić information content (AvgIpc) is 2.94. The van der Waals surface area contributed by atoms with Crippen molar-refractivity contribution < 1.29 is 8.91 Å². The van der Waals surface area contributed by atoms with E-state index in [9.17, 15) is 4.39 Å². The number of hydrogen-bond acceptors (Lipinski definition) is 4. The van der Waals surface area contributed by atoms with Crippen molar-refractivity contribution in [3.63, 3.8) is 0 Å². The molecule has 0 fully saturated rings. The van der Waals surface area contributed by atoms with Crippen LogP contribution in [0.15, 0.2) is 27.2 Å². The fourth-order valence-electron chi connectivity index (χ4n) is 2.04. The molecule has 0 aliphatic rings. The van der Waals surface area contributed by atoms with Crippen molar-refractivity contribution >= 4 is 15.9 Å². The van der Waals surface area contributed by atoms with E-state index in [1.165, 1.54) is 12.1 Å². The molecule has 21 heavy (non-hydrogen) atoms. The molecular formula is C15H19BrFN3O. The SMILES string of the molecule is CCCNC(CC)Cc1nc(-c2cc(F)ccc2Br)no1. The van der Waals surface area contributed by atoms with Gasteiger partial charge in [0.2, 0.25) is 11.7 Å². The Morgan fingerprint density at radius 2 is 2.19 bits per heavy atom. The number of benzene rings is 1. The van der Waals surface area contributed by atoms with Gasteiger partial charge in [-0.15, -0.1) is 0 Å². The Kier molecular flexibility index (Phi) is 5.87. The molecule has 0 radical (unpaired) electrons. The highest BCUT2D eigenvalue weighted by Gasteiger charge is 2.15. The van der Waals surface area contributed by atoms with Gasteiger partial charge < -0.3 is 9.84 Å². The molecule has 0 saturated heterocycles. The highest BCUT2D eigenvalue weighted by atomic mass is 79.9. The molecule has 2 aromatic rings. The van der Waals surface area contributed by atoms with Crippen LogP contribution in [0, 0.1) is 5.82 Å². The Balaban J connectivity index is 2.12. The van der Waals surface area contributed by atoms with Gasteiger partial charge in [-0.05, 0) is 37.6 Å². The Labute approximate surface area is 132 Å². The van der Waals surface area contributed by atoms with Gasteiger partial charge in [0, 0.05) is 22.5 Å². The Hall–Kier alpha value is -1.27. The largest absolute Gasteiger partial charge is 0.339 e. The van der Waals surface area contributed by atoms with E-state index in [-0.39, 0.29) is 5.82 Å². The van der Waals surface area contributed by atoms with Gasteiger partial charge in [-0.3, -0.25) is 0 Å². The Bertz CT molecular complexity index is 588. The number of nitrogens with zero attached hydrogens (tertiary/aromatic N) is 2. The number of nitrogens with one attached hydrogen (secondary N) is 1. The van der Waals surface area contributed by atoms with Gasteiger partial charge in [-0.25, -0.2) is 4.39 Å². The predicted molar refractivity (Wildman–Crippen MR) is 83.5 cm³/mol. The van der Waals surface area contributed by atoms with Gasteiger partial charge in [0.1, 0.15) is 5.82 Å². The standard InChI is InChI=1S/C15H19BrFN3O/c1-3-7-18-11(4-2)9-14-19-15(20-21-14)12-8-10(17)5-6-13(12)16/h5-6,8,11,18H,3-4,7,9H2,1-2H3. The normalized spacial score (nSPS) is 12.6. The summed E-state index contributed by atoms with van der Waals surface area (Å²) in [4.78, 5) is 4.36. The van der Waals surface area contributed by atoms with Gasteiger partial charge in [-0.2, -0.15) is 4.98 Å². The summed E-state index contributed by atoms with van der Waals surface area (Å²) in [6.45, 7) is 5.22. The molecule has 1 unspecified atom stereocenters. The van der Waals surface area contributed by atoms with Gasteiger partial charge >= 0.3 is 0 Å². The molecule has 0 aliphatic carbocycles. The molecule has 6 heteroatoms.